The summed E-state index contributed by atoms with van der Waals surface area (Å²) in [5.74, 6) is -3.89. The first-order chi connectivity index (χ1) is 18.0. The molecule has 0 saturated carbocycles. The standard InChI is InChI=1S/C24H30N2O12/c1-13(27)33-12-18-20(35-14(2)28)21(36-15(3)29)22(37-16(4)30)23(38-18)26-19(31)10-25-24(32)34-11-17-8-6-5-7-9-17/h5-9,18,20-23H,10-12H2,1-4H3,(H,25,32)(H,26,31)/t18-,20+,21+,22-,23-/m1/s1. The van der Waals surface area contributed by atoms with E-state index in [2.05, 4.69) is 10.6 Å². The molecule has 0 aromatic heterocycles. The molecule has 1 aliphatic heterocycles. The number of hydrogen-bond donors (Lipinski definition) is 2. The third kappa shape index (κ3) is 10.0. The molecule has 0 aliphatic carbocycles. The van der Waals surface area contributed by atoms with E-state index in [4.69, 9.17) is 28.4 Å². The van der Waals surface area contributed by atoms with Crippen molar-refractivity contribution < 1.29 is 57.2 Å². The van der Waals surface area contributed by atoms with Crippen LogP contribution in [-0.4, -0.2) is 79.7 Å². The Labute approximate surface area is 218 Å². The molecule has 5 atom stereocenters. The fraction of sp³-hybridized carbons (Fsp3) is 0.500. The van der Waals surface area contributed by atoms with Crippen LogP contribution in [0.1, 0.15) is 33.3 Å². The highest BCUT2D eigenvalue weighted by molar-refractivity contribution is 5.82. The Balaban J connectivity index is 2.15. The molecule has 208 valence electrons. The predicted molar refractivity (Wildman–Crippen MR) is 125 cm³/mol. The third-order valence-corrected chi connectivity index (χ3v) is 4.90. The number of carbonyl (C=O) groups is 6. The van der Waals surface area contributed by atoms with Crippen molar-refractivity contribution in [1.29, 1.82) is 0 Å². The maximum Gasteiger partial charge on any atom is 0.407 e. The Morgan fingerprint density at radius 3 is 1.92 bits per heavy atom. The van der Waals surface area contributed by atoms with Gasteiger partial charge in [0.1, 0.15) is 25.9 Å². The van der Waals surface area contributed by atoms with Crippen molar-refractivity contribution in [3.05, 3.63) is 35.9 Å². The van der Waals surface area contributed by atoms with Gasteiger partial charge in [-0.2, -0.15) is 0 Å². The second-order valence-electron chi connectivity index (χ2n) is 8.10. The quantitative estimate of drug-likeness (QED) is 0.303. The molecule has 0 radical (unpaired) electrons. The lowest BCUT2D eigenvalue weighted by Gasteiger charge is -2.44. The van der Waals surface area contributed by atoms with Crippen LogP contribution in [0.2, 0.25) is 0 Å². The monoisotopic (exact) mass is 538 g/mol. The average molecular weight is 539 g/mol. The summed E-state index contributed by atoms with van der Waals surface area (Å²) in [4.78, 5) is 71.4. The van der Waals surface area contributed by atoms with Crippen LogP contribution in [0.4, 0.5) is 4.79 Å². The fourth-order valence-corrected chi connectivity index (χ4v) is 3.48. The van der Waals surface area contributed by atoms with Gasteiger partial charge < -0.3 is 39.1 Å². The zero-order valence-corrected chi connectivity index (χ0v) is 21.3. The minimum Gasteiger partial charge on any atom is -0.463 e. The molecule has 2 rings (SSSR count). The number of carbonyl (C=O) groups excluding carboxylic acids is 6. The number of hydrogen-bond acceptors (Lipinski definition) is 12. The number of ether oxygens (including phenoxy) is 6. The number of benzene rings is 1. The number of nitrogens with one attached hydrogen (secondary N) is 2. The molecule has 1 heterocycles. The van der Waals surface area contributed by atoms with Crippen molar-refractivity contribution >= 4 is 35.9 Å². The van der Waals surface area contributed by atoms with Crippen molar-refractivity contribution in [3.63, 3.8) is 0 Å². The highest BCUT2D eigenvalue weighted by atomic mass is 16.7. The van der Waals surface area contributed by atoms with Gasteiger partial charge in [-0.25, -0.2) is 4.79 Å². The van der Waals surface area contributed by atoms with Gasteiger partial charge in [-0.3, -0.25) is 24.0 Å². The van der Waals surface area contributed by atoms with Gasteiger partial charge in [0, 0.05) is 27.7 Å². The van der Waals surface area contributed by atoms with Crippen LogP contribution < -0.4 is 10.6 Å². The molecule has 1 saturated heterocycles. The molecule has 0 bridgehead atoms. The van der Waals surface area contributed by atoms with Gasteiger partial charge in [0.25, 0.3) is 0 Å². The van der Waals surface area contributed by atoms with E-state index in [0.29, 0.717) is 0 Å². The van der Waals surface area contributed by atoms with E-state index in [1.54, 1.807) is 24.3 Å². The van der Waals surface area contributed by atoms with Gasteiger partial charge in [-0.05, 0) is 5.56 Å². The zero-order valence-electron chi connectivity index (χ0n) is 21.3. The highest BCUT2D eigenvalue weighted by Gasteiger charge is 2.52. The molecule has 2 N–H and O–H groups in total. The Kier molecular flexibility index (Phi) is 11.5. The molecule has 0 unspecified atom stereocenters. The first kappa shape index (κ1) is 30.0. The molecule has 1 aliphatic rings. The zero-order chi connectivity index (χ0) is 28.2. The summed E-state index contributed by atoms with van der Waals surface area (Å²) in [6, 6.07) is 8.87. The van der Waals surface area contributed by atoms with Crippen LogP contribution in [0.25, 0.3) is 0 Å². The van der Waals surface area contributed by atoms with Gasteiger partial charge in [0.2, 0.25) is 5.91 Å². The first-order valence-corrected chi connectivity index (χ1v) is 11.5. The molecule has 1 aromatic carbocycles. The van der Waals surface area contributed by atoms with Crippen molar-refractivity contribution in [2.24, 2.45) is 0 Å². The Morgan fingerprint density at radius 1 is 0.763 bits per heavy atom. The molecule has 14 heteroatoms. The smallest absolute Gasteiger partial charge is 0.407 e. The lowest BCUT2D eigenvalue weighted by atomic mass is 9.97. The van der Waals surface area contributed by atoms with Gasteiger partial charge in [-0.15, -0.1) is 0 Å². The van der Waals surface area contributed by atoms with Crippen molar-refractivity contribution in [2.75, 3.05) is 13.2 Å². The van der Waals surface area contributed by atoms with Crippen LogP contribution in [-0.2, 0) is 59.0 Å². The van der Waals surface area contributed by atoms with Crippen LogP contribution in [0.3, 0.4) is 0 Å². The van der Waals surface area contributed by atoms with Gasteiger partial charge in [0.05, 0.1) is 0 Å². The van der Waals surface area contributed by atoms with E-state index in [9.17, 15) is 28.8 Å². The summed E-state index contributed by atoms with van der Waals surface area (Å²) in [5, 5.41) is 4.68. The molecule has 14 nitrogen and oxygen atoms in total. The second kappa shape index (κ2) is 14.5. The minimum atomic E-state index is -1.47. The van der Waals surface area contributed by atoms with Crippen LogP contribution in [0.15, 0.2) is 30.3 Å². The first-order valence-electron chi connectivity index (χ1n) is 11.5. The number of esters is 4. The normalized spacial score (nSPS) is 22.3. The van der Waals surface area contributed by atoms with E-state index in [0.717, 1.165) is 33.3 Å². The molecule has 1 aromatic rings. The maximum atomic E-state index is 12.6. The fourth-order valence-electron chi connectivity index (χ4n) is 3.48. The van der Waals surface area contributed by atoms with Crippen molar-refractivity contribution in [2.45, 2.75) is 64.9 Å². The molecule has 38 heavy (non-hydrogen) atoms. The maximum absolute atomic E-state index is 12.6. The van der Waals surface area contributed by atoms with E-state index >= 15 is 0 Å². The summed E-state index contributed by atoms with van der Waals surface area (Å²) in [6.45, 7) is 3.34. The number of amides is 2. The lowest BCUT2D eigenvalue weighted by Crippen LogP contribution is -2.66. The SMILES string of the molecule is CC(=O)OC[C@H]1O[C@@H](NC(=O)CNC(=O)OCc2ccccc2)[C@H](OC(C)=O)[C@@H](OC(C)=O)[C@H]1OC(C)=O. The molecular formula is C24H30N2O12. The summed E-state index contributed by atoms with van der Waals surface area (Å²) >= 11 is 0. The Bertz CT molecular complexity index is 1010. The molecule has 0 spiro atoms. The van der Waals surface area contributed by atoms with E-state index in [1.165, 1.54) is 0 Å². The predicted octanol–water partition coefficient (Wildman–Crippen LogP) is 0.112. The second-order valence-corrected chi connectivity index (χ2v) is 8.10. The van der Waals surface area contributed by atoms with Gasteiger partial charge >= 0.3 is 30.0 Å². The van der Waals surface area contributed by atoms with Crippen LogP contribution in [0, 0.1) is 0 Å². The topological polar surface area (TPSA) is 182 Å². The molecule has 2 amide bonds. The average Bonchev–Trinajstić information content (AvgIpc) is 2.83. The van der Waals surface area contributed by atoms with Crippen molar-refractivity contribution in [1.82, 2.24) is 10.6 Å². The largest absolute Gasteiger partial charge is 0.463 e. The number of rotatable bonds is 10. The Hall–Kier alpha value is -4.20. The summed E-state index contributed by atoms with van der Waals surface area (Å²) < 4.78 is 31.6. The lowest BCUT2D eigenvalue weighted by molar-refractivity contribution is -0.256. The minimum absolute atomic E-state index is 0.0199. The third-order valence-electron chi connectivity index (χ3n) is 4.90. The van der Waals surface area contributed by atoms with E-state index in [1.807, 2.05) is 6.07 Å². The Morgan fingerprint density at radius 2 is 1.34 bits per heavy atom. The van der Waals surface area contributed by atoms with Gasteiger partial charge in [0.15, 0.2) is 24.5 Å². The summed E-state index contributed by atoms with van der Waals surface area (Å²) in [6.07, 6.45) is -7.82. The van der Waals surface area contributed by atoms with Crippen LogP contribution in [0.5, 0.6) is 0 Å². The van der Waals surface area contributed by atoms with E-state index in [-0.39, 0.29) is 6.61 Å². The van der Waals surface area contributed by atoms with Crippen LogP contribution >= 0.6 is 0 Å². The summed E-state index contributed by atoms with van der Waals surface area (Å²) in [7, 11) is 0. The highest BCUT2D eigenvalue weighted by Crippen LogP contribution is 2.28. The number of alkyl carbamates (subject to hydrolysis) is 1. The summed E-state index contributed by atoms with van der Waals surface area (Å²) in [5.41, 5.74) is 0.740. The van der Waals surface area contributed by atoms with E-state index < -0.39 is 79.7 Å². The van der Waals surface area contributed by atoms with Crippen molar-refractivity contribution in [3.8, 4) is 0 Å². The molecule has 1 fully saturated rings. The van der Waals surface area contributed by atoms with Gasteiger partial charge in [-0.1, -0.05) is 30.3 Å². The molecular weight excluding hydrogens is 508 g/mol.